The van der Waals surface area contributed by atoms with Gasteiger partial charge in [0, 0.05) is 53.8 Å². The van der Waals surface area contributed by atoms with E-state index in [1.54, 1.807) is 19.2 Å². The molecule has 0 spiro atoms. The fourth-order valence-electron chi connectivity index (χ4n) is 4.32. The van der Waals surface area contributed by atoms with Gasteiger partial charge in [-0.3, -0.25) is 4.90 Å². The number of hydrogen-bond acceptors (Lipinski definition) is 8. The third-order valence-electron chi connectivity index (χ3n) is 6.03. The molecule has 2 aromatic carbocycles. The Morgan fingerprint density at radius 1 is 1.14 bits per heavy atom. The van der Waals surface area contributed by atoms with Crippen molar-refractivity contribution in [3.63, 3.8) is 0 Å². The summed E-state index contributed by atoms with van der Waals surface area (Å²) in [5.74, 6) is 1.61. The molecule has 2 aromatic heterocycles. The Morgan fingerprint density at radius 2 is 2.00 bits per heavy atom. The quantitative estimate of drug-likeness (QED) is 0.370. The minimum absolute atomic E-state index is 0.356. The molecule has 0 radical (unpaired) electrons. The van der Waals surface area contributed by atoms with Gasteiger partial charge in [-0.25, -0.2) is 14.8 Å². The van der Waals surface area contributed by atoms with Crippen molar-refractivity contribution in [2.24, 2.45) is 5.73 Å². The molecule has 5 rings (SSSR count). The highest BCUT2D eigenvalue weighted by Crippen LogP contribution is 2.38. The van der Waals surface area contributed by atoms with Crippen LogP contribution in [0.1, 0.15) is 6.42 Å². The second kappa shape index (κ2) is 10.2. The van der Waals surface area contributed by atoms with E-state index in [-0.39, 0.29) is 0 Å². The number of methoxy groups -OCH3 is 1. The number of hydrogen-bond donors (Lipinski definition) is 2. The van der Waals surface area contributed by atoms with Crippen LogP contribution in [-0.2, 0) is 4.74 Å². The Labute approximate surface area is 201 Å². The van der Waals surface area contributed by atoms with Crippen LogP contribution >= 0.6 is 0 Å². The predicted molar refractivity (Wildman–Crippen MR) is 131 cm³/mol. The topological polar surface area (TPSA) is 125 Å². The van der Waals surface area contributed by atoms with Crippen LogP contribution in [0.15, 0.2) is 42.9 Å². The summed E-state index contributed by atoms with van der Waals surface area (Å²) < 4.78 is 22.2. The van der Waals surface area contributed by atoms with Gasteiger partial charge in [-0.1, -0.05) is 0 Å². The first-order chi connectivity index (χ1) is 17.1. The van der Waals surface area contributed by atoms with Crippen LogP contribution in [0.25, 0.3) is 33.1 Å². The normalized spacial score (nSPS) is 14.3. The number of carbonyl (C=O) groups is 1. The lowest BCUT2D eigenvalue weighted by molar-refractivity contribution is 0.0357. The van der Waals surface area contributed by atoms with Gasteiger partial charge in [-0.05, 0) is 30.7 Å². The minimum atomic E-state index is -0.865. The van der Waals surface area contributed by atoms with E-state index in [2.05, 4.69) is 19.9 Å². The van der Waals surface area contributed by atoms with Gasteiger partial charge in [0.25, 0.3) is 0 Å². The molecule has 1 fully saturated rings. The lowest BCUT2D eigenvalue weighted by Crippen LogP contribution is -2.37. The second-order valence-corrected chi connectivity index (χ2v) is 8.23. The standard InChI is InChI=1S/C25H27N5O5/c1-32-22-12-18-21(13-23(22)34-8-2-5-30-6-9-33-10-7-30)28-15-29-24(18)19-14-27-20-4-3-16(11-17(19)20)35-25(26)31/h3-4,11-15,27H,2,5-10H2,1H3,(H2,26,31). The van der Waals surface area contributed by atoms with Crippen LogP contribution in [0.2, 0.25) is 0 Å². The summed E-state index contributed by atoms with van der Waals surface area (Å²) in [4.78, 5) is 25.8. The highest BCUT2D eigenvalue weighted by molar-refractivity contribution is 6.03. The molecule has 10 heteroatoms. The monoisotopic (exact) mass is 477 g/mol. The molecule has 1 aliphatic rings. The van der Waals surface area contributed by atoms with Crippen molar-refractivity contribution >= 4 is 27.9 Å². The van der Waals surface area contributed by atoms with Crippen molar-refractivity contribution in [2.45, 2.75) is 6.42 Å². The highest BCUT2D eigenvalue weighted by atomic mass is 16.5. The largest absolute Gasteiger partial charge is 0.493 e. The van der Waals surface area contributed by atoms with Gasteiger partial charge in [-0.15, -0.1) is 0 Å². The number of nitrogens with one attached hydrogen (secondary N) is 1. The number of H-pyrrole nitrogens is 1. The molecular weight excluding hydrogens is 450 g/mol. The molecule has 0 atom stereocenters. The zero-order valence-electron chi connectivity index (χ0n) is 19.5. The Hall–Kier alpha value is -3.89. The highest BCUT2D eigenvalue weighted by Gasteiger charge is 2.17. The Morgan fingerprint density at radius 3 is 2.80 bits per heavy atom. The summed E-state index contributed by atoms with van der Waals surface area (Å²) in [7, 11) is 1.62. The Bertz CT molecular complexity index is 1350. The number of nitrogens with two attached hydrogens (primary N) is 1. The van der Waals surface area contributed by atoms with Crippen LogP contribution < -0.4 is 19.9 Å². The summed E-state index contributed by atoms with van der Waals surface area (Å²) >= 11 is 0. The van der Waals surface area contributed by atoms with E-state index in [0.717, 1.165) is 72.3 Å². The van der Waals surface area contributed by atoms with Crippen LogP contribution in [0.3, 0.4) is 0 Å². The first-order valence-corrected chi connectivity index (χ1v) is 11.5. The summed E-state index contributed by atoms with van der Waals surface area (Å²) in [5, 5.41) is 1.65. The van der Waals surface area contributed by atoms with Crippen molar-refractivity contribution < 1.29 is 23.7 Å². The van der Waals surface area contributed by atoms with E-state index in [1.165, 1.54) is 6.33 Å². The number of nitrogens with zero attached hydrogens (tertiary/aromatic N) is 3. The Kier molecular flexibility index (Phi) is 6.64. The van der Waals surface area contributed by atoms with Gasteiger partial charge in [0.15, 0.2) is 11.5 Å². The molecule has 4 aromatic rings. The van der Waals surface area contributed by atoms with Crippen molar-refractivity contribution in [1.82, 2.24) is 19.9 Å². The first-order valence-electron chi connectivity index (χ1n) is 11.5. The number of primary amides is 1. The second-order valence-electron chi connectivity index (χ2n) is 8.23. The van der Waals surface area contributed by atoms with Crippen molar-refractivity contribution in [2.75, 3.05) is 46.6 Å². The van der Waals surface area contributed by atoms with Gasteiger partial charge in [0.05, 0.1) is 38.1 Å². The van der Waals surface area contributed by atoms with E-state index in [0.29, 0.717) is 23.9 Å². The molecule has 1 saturated heterocycles. The molecule has 3 heterocycles. The molecule has 0 bridgehead atoms. The number of aromatic nitrogens is 3. The lowest BCUT2D eigenvalue weighted by Gasteiger charge is -2.26. The van der Waals surface area contributed by atoms with Gasteiger partial charge in [0.2, 0.25) is 0 Å². The summed E-state index contributed by atoms with van der Waals surface area (Å²) in [6.45, 7) is 5.04. The van der Waals surface area contributed by atoms with E-state index in [1.807, 2.05) is 24.4 Å². The maximum absolute atomic E-state index is 11.2. The molecule has 1 aliphatic heterocycles. The third kappa shape index (κ3) is 4.98. The SMILES string of the molecule is COc1cc2c(-c3c[nH]c4ccc(OC(N)=O)cc34)ncnc2cc1OCCCN1CCOCC1. The molecule has 0 aliphatic carbocycles. The number of ether oxygens (including phenoxy) is 4. The molecule has 182 valence electrons. The van der Waals surface area contributed by atoms with Crippen molar-refractivity contribution in [3.05, 3.63) is 42.9 Å². The van der Waals surface area contributed by atoms with Crippen molar-refractivity contribution in [1.29, 1.82) is 0 Å². The fourth-order valence-corrected chi connectivity index (χ4v) is 4.32. The van der Waals surface area contributed by atoms with E-state index >= 15 is 0 Å². The average molecular weight is 478 g/mol. The van der Waals surface area contributed by atoms with E-state index in [4.69, 9.17) is 24.7 Å². The van der Waals surface area contributed by atoms with Gasteiger partial charge in [0.1, 0.15) is 12.1 Å². The lowest BCUT2D eigenvalue weighted by atomic mass is 10.0. The molecule has 3 N–H and O–H groups in total. The molecule has 35 heavy (non-hydrogen) atoms. The number of amides is 1. The van der Waals surface area contributed by atoms with Gasteiger partial charge >= 0.3 is 6.09 Å². The minimum Gasteiger partial charge on any atom is -0.493 e. The molecular formula is C25H27N5O5. The van der Waals surface area contributed by atoms with Crippen LogP contribution in [0.5, 0.6) is 17.2 Å². The average Bonchev–Trinajstić information content (AvgIpc) is 3.29. The number of carbonyl (C=O) groups excluding carboxylic acids is 1. The van der Waals surface area contributed by atoms with Gasteiger partial charge < -0.3 is 29.7 Å². The number of rotatable bonds is 8. The number of aromatic amines is 1. The zero-order valence-corrected chi connectivity index (χ0v) is 19.5. The molecule has 0 saturated carbocycles. The van der Waals surface area contributed by atoms with Crippen LogP contribution in [0, 0.1) is 0 Å². The number of morpholine rings is 1. The summed E-state index contributed by atoms with van der Waals surface area (Å²) in [6.07, 6.45) is 3.43. The maximum atomic E-state index is 11.2. The summed E-state index contributed by atoms with van der Waals surface area (Å²) in [6, 6.07) is 9.03. The predicted octanol–water partition coefficient (Wildman–Crippen LogP) is 3.35. The van der Waals surface area contributed by atoms with Gasteiger partial charge in [-0.2, -0.15) is 0 Å². The Balaban J connectivity index is 1.42. The zero-order chi connectivity index (χ0) is 24.2. The first kappa shape index (κ1) is 22.9. The van der Waals surface area contributed by atoms with Crippen LogP contribution in [0.4, 0.5) is 4.79 Å². The number of fused-ring (bicyclic) bond motifs is 2. The maximum Gasteiger partial charge on any atom is 0.409 e. The molecule has 10 nitrogen and oxygen atoms in total. The van der Waals surface area contributed by atoms with E-state index in [9.17, 15) is 4.79 Å². The smallest absolute Gasteiger partial charge is 0.409 e. The molecule has 1 amide bonds. The fraction of sp³-hybridized carbons (Fsp3) is 0.320. The number of benzene rings is 2. The van der Waals surface area contributed by atoms with E-state index < -0.39 is 6.09 Å². The molecule has 0 unspecified atom stereocenters. The third-order valence-corrected chi connectivity index (χ3v) is 6.03. The summed E-state index contributed by atoms with van der Waals surface area (Å²) in [5.41, 5.74) is 8.33. The van der Waals surface area contributed by atoms with Crippen LogP contribution in [-0.4, -0.2) is 72.5 Å². The van der Waals surface area contributed by atoms with Crippen molar-refractivity contribution in [3.8, 4) is 28.5 Å².